The van der Waals surface area contributed by atoms with Gasteiger partial charge >= 0.3 is 11.8 Å². The maximum atomic E-state index is 12.4. The molecule has 28 heavy (non-hydrogen) atoms. The van der Waals surface area contributed by atoms with Crippen molar-refractivity contribution in [3.8, 4) is 11.5 Å². The van der Waals surface area contributed by atoms with E-state index in [1.54, 1.807) is 18.2 Å². The molecule has 2 aromatic rings. The Morgan fingerprint density at radius 3 is 2.46 bits per heavy atom. The Balaban J connectivity index is 1.33. The lowest BCUT2D eigenvalue weighted by Crippen LogP contribution is -2.55. The first-order chi connectivity index (χ1) is 13.6. The van der Waals surface area contributed by atoms with Gasteiger partial charge in [0, 0.05) is 31.4 Å². The first kappa shape index (κ1) is 17.8. The molecule has 3 amide bonds. The second-order valence-electron chi connectivity index (χ2n) is 6.56. The van der Waals surface area contributed by atoms with Crippen molar-refractivity contribution in [2.24, 2.45) is 0 Å². The van der Waals surface area contributed by atoms with Crippen molar-refractivity contribution in [3.05, 3.63) is 54.1 Å². The summed E-state index contributed by atoms with van der Waals surface area (Å²) in [5.41, 5.74) is 1.49. The predicted molar refractivity (Wildman–Crippen MR) is 99.6 cm³/mol. The molecular formula is C20H19N3O5. The van der Waals surface area contributed by atoms with Crippen LogP contribution in [0.3, 0.4) is 0 Å². The number of piperazine rings is 1. The zero-order valence-corrected chi connectivity index (χ0v) is 15.1. The molecule has 1 fully saturated rings. The Morgan fingerprint density at radius 2 is 1.64 bits per heavy atom. The van der Waals surface area contributed by atoms with Crippen molar-refractivity contribution in [1.29, 1.82) is 0 Å². The molecule has 0 saturated carbocycles. The number of anilines is 1. The SMILES string of the molecule is O=C(CN1CCN(Cc2ccccc2)C(=O)C1=O)Nc1ccc2c(c1)OCO2. The summed E-state index contributed by atoms with van der Waals surface area (Å²) in [7, 11) is 0. The van der Waals surface area contributed by atoms with Crippen molar-refractivity contribution in [2.45, 2.75) is 6.54 Å². The maximum Gasteiger partial charge on any atom is 0.312 e. The normalized spacial score (nSPS) is 15.7. The molecule has 0 aromatic heterocycles. The van der Waals surface area contributed by atoms with Gasteiger partial charge in [-0.05, 0) is 17.7 Å². The largest absolute Gasteiger partial charge is 0.454 e. The second-order valence-corrected chi connectivity index (χ2v) is 6.56. The molecule has 0 unspecified atom stereocenters. The number of amides is 3. The summed E-state index contributed by atoms with van der Waals surface area (Å²) >= 11 is 0. The zero-order valence-electron chi connectivity index (χ0n) is 15.1. The van der Waals surface area contributed by atoms with Crippen LogP contribution in [-0.2, 0) is 20.9 Å². The lowest BCUT2D eigenvalue weighted by Gasteiger charge is -2.33. The van der Waals surface area contributed by atoms with Gasteiger partial charge in [-0.2, -0.15) is 0 Å². The van der Waals surface area contributed by atoms with Crippen molar-refractivity contribution in [2.75, 3.05) is 31.7 Å². The number of nitrogens with one attached hydrogen (secondary N) is 1. The molecule has 0 spiro atoms. The molecule has 0 bridgehead atoms. The molecule has 2 aliphatic rings. The monoisotopic (exact) mass is 381 g/mol. The summed E-state index contributed by atoms with van der Waals surface area (Å²) in [6.07, 6.45) is 0. The Kier molecular flexibility index (Phi) is 4.84. The van der Waals surface area contributed by atoms with E-state index in [2.05, 4.69) is 5.32 Å². The van der Waals surface area contributed by atoms with Crippen LogP contribution in [0.4, 0.5) is 5.69 Å². The number of benzene rings is 2. The molecule has 0 radical (unpaired) electrons. The lowest BCUT2D eigenvalue weighted by molar-refractivity contribution is -0.157. The van der Waals surface area contributed by atoms with E-state index in [0.717, 1.165) is 5.56 Å². The van der Waals surface area contributed by atoms with Gasteiger partial charge in [0.25, 0.3) is 0 Å². The molecule has 2 heterocycles. The average molecular weight is 381 g/mol. The number of rotatable bonds is 5. The molecule has 1 N–H and O–H groups in total. The Morgan fingerprint density at radius 1 is 0.929 bits per heavy atom. The summed E-state index contributed by atoms with van der Waals surface area (Å²) in [4.78, 5) is 39.8. The number of hydrogen-bond donors (Lipinski definition) is 1. The zero-order chi connectivity index (χ0) is 19.5. The summed E-state index contributed by atoms with van der Waals surface area (Å²) < 4.78 is 10.5. The topological polar surface area (TPSA) is 88.2 Å². The van der Waals surface area contributed by atoms with Gasteiger partial charge in [0.15, 0.2) is 11.5 Å². The Hall–Kier alpha value is -3.55. The number of nitrogens with zero attached hydrogens (tertiary/aromatic N) is 2. The molecule has 4 rings (SSSR count). The lowest BCUT2D eigenvalue weighted by atomic mass is 10.2. The molecule has 0 atom stereocenters. The molecular weight excluding hydrogens is 362 g/mol. The second kappa shape index (κ2) is 7.59. The van der Waals surface area contributed by atoms with Crippen molar-refractivity contribution < 1.29 is 23.9 Å². The number of hydrogen-bond acceptors (Lipinski definition) is 5. The highest BCUT2D eigenvalue weighted by atomic mass is 16.7. The van der Waals surface area contributed by atoms with E-state index < -0.39 is 11.8 Å². The van der Waals surface area contributed by atoms with Crippen LogP contribution >= 0.6 is 0 Å². The van der Waals surface area contributed by atoms with Crippen LogP contribution in [0.25, 0.3) is 0 Å². The van der Waals surface area contributed by atoms with Gasteiger partial charge in [-0.1, -0.05) is 30.3 Å². The van der Waals surface area contributed by atoms with Crippen molar-refractivity contribution >= 4 is 23.4 Å². The van der Waals surface area contributed by atoms with Gasteiger partial charge in [-0.25, -0.2) is 0 Å². The first-order valence-corrected chi connectivity index (χ1v) is 8.92. The van der Waals surface area contributed by atoms with Gasteiger partial charge < -0.3 is 24.6 Å². The van der Waals surface area contributed by atoms with Crippen LogP contribution in [0.2, 0.25) is 0 Å². The Labute approximate surface area is 161 Å². The summed E-state index contributed by atoms with van der Waals surface area (Å²) in [6, 6.07) is 14.5. The van der Waals surface area contributed by atoms with Crippen molar-refractivity contribution in [1.82, 2.24) is 9.80 Å². The van der Waals surface area contributed by atoms with Gasteiger partial charge in [0.2, 0.25) is 12.7 Å². The molecule has 2 aromatic carbocycles. The van der Waals surface area contributed by atoms with E-state index in [9.17, 15) is 14.4 Å². The van der Waals surface area contributed by atoms with Crippen LogP contribution in [-0.4, -0.2) is 53.9 Å². The highest BCUT2D eigenvalue weighted by molar-refractivity contribution is 6.35. The van der Waals surface area contributed by atoms with Crippen molar-refractivity contribution in [3.63, 3.8) is 0 Å². The third-order valence-corrected chi connectivity index (χ3v) is 4.60. The standard InChI is InChI=1S/C20H19N3O5/c24-18(21-15-6-7-16-17(10-15)28-13-27-16)12-23-9-8-22(19(25)20(23)26)11-14-4-2-1-3-5-14/h1-7,10H,8-9,11-13H2,(H,21,24). The minimum Gasteiger partial charge on any atom is -0.454 e. The van der Waals surface area contributed by atoms with E-state index in [-0.39, 0.29) is 19.2 Å². The molecule has 2 aliphatic heterocycles. The molecule has 8 heteroatoms. The molecule has 144 valence electrons. The van der Waals surface area contributed by atoms with Crippen LogP contribution in [0.15, 0.2) is 48.5 Å². The fourth-order valence-electron chi connectivity index (χ4n) is 3.17. The van der Waals surface area contributed by atoms with E-state index in [1.165, 1.54) is 9.80 Å². The third-order valence-electron chi connectivity index (χ3n) is 4.60. The predicted octanol–water partition coefficient (Wildman–Crippen LogP) is 1.22. The van der Waals surface area contributed by atoms with E-state index >= 15 is 0 Å². The maximum absolute atomic E-state index is 12.4. The number of ether oxygens (including phenoxy) is 2. The smallest absolute Gasteiger partial charge is 0.312 e. The van der Waals surface area contributed by atoms with Gasteiger partial charge in [0.1, 0.15) is 6.54 Å². The van der Waals surface area contributed by atoms with E-state index in [1.807, 2.05) is 30.3 Å². The van der Waals surface area contributed by atoms with Crippen LogP contribution in [0.1, 0.15) is 5.56 Å². The van der Waals surface area contributed by atoms with E-state index in [0.29, 0.717) is 36.8 Å². The minimum absolute atomic E-state index is 0.149. The highest BCUT2D eigenvalue weighted by Crippen LogP contribution is 2.34. The fraction of sp³-hybridized carbons (Fsp3) is 0.250. The quantitative estimate of drug-likeness (QED) is 0.787. The number of carbonyl (C=O) groups excluding carboxylic acids is 3. The van der Waals surface area contributed by atoms with Gasteiger partial charge in [-0.15, -0.1) is 0 Å². The van der Waals surface area contributed by atoms with E-state index in [4.69, 9.17) is 9.47 Å². The summed E-state index contributed by atoms with van der Waals surface area (Å²) in [5.74, 6) is -0.461. The average Bonchev–Trinajstić information content (AvgIpc) is 3.16. The Bertz CT molecular complexity index is 915. The minimum atomic E-state index is -0.664. The third kappa shape index (κ3) is 3.75. The fourth-order valence-corrected chi connectivity index (χ4v) is 3.17. The van der Waals surface area contributed by atoms with Gasteiger partial charge in [0.05, 0.1) is 0 Å². The van der Waals surface area contributed by atoms with Crippen LogP contribution in [0.5, 0.6) is 11.5 Å². The molecule has 0 aliphatic carbocycles. The number of fused-ring (bicyclic) bond motifs is 1. The molecule has 8 nitrogen and oxygen atoms in total. The summed E-state index contributed by atoms with van der Waals surface area (Å²) in [6.45, 7) is 1.04. The van der Waals surface area contributed by atoms with Crippen LogP contribution in [0, 0.1) is 0 Å². The summed E-state index contributed by atoms with van der Waals surface area (Å²) in [5, 5.41) is 2.71. The highest BCUT2D eigenvalue weighted by Gasteiger charge is 2.33. The number of carbonyl (C=O) groups is 3. The first-order valence-electron chi connectivity index (χ1n) is 8.92. The van der Waals surface area contributed by atoms with Gasteiger partial charge in [-0.3, -0.25) is 14.4 Å². The molecule has 1 saturated heterocycles. The van der Waals surface area contributed by atoms with Crippen LogP contribution < -0.4 is 14.8 Å².